The lowest BCUT2D eigenvalue weighted by Crippen LogP contribution is -2.46. The molecule has 0 fully saturated rings. The van der Waals surface area contributed by atoms with Gasteiger partial charge in [0, 0.05) is 12.3 Å². The number of amides is 1. The molecule has 3 rings (SSSR count). The summed E-state index contributed by atoms with van der Waals surface area (Å²) >= 11 is 0. The van der Waals surface area contributed by atoms with E-state index in [1.807, 2.05) is 0 Å². The van der Waals surface area contributed by atoms with Crippen molar-refractivity contribution >= 4 is 22.8 Å². The molecule has 0 radical (unpaired) electrons. The molecule has 3 aromatic heterocycles. The van der Waals surface area contributed by atoms with Crippen LogP contribution in [-0.4, -0.2) is 45.6 Å². The standard InChI is InChI=1S/C20H16F7N5O2/c1-2-13(20(25,26)27)30-19(34)11-8-32(18-12(22)5-9(21)6-29-18)17-10(16(11)33)3-4-15(31-17)28-7-14(23)24/h3-6,8,13-14H,2,7H2,1H3,(H,28,31)(H,30,34). The van der Waals surface area contributed by atoms with Gasteiger partial charge >= 0.3 is 6.18 Å². The molecular formula is C20H16F7N5O2. The van der Waals surface area contributed by atoms with Crippen LogP contribution >= 0.6 is 0 Å². The first kappa shape index (κ1) is 24.9. The highest BCUT2D eigenvalue weighted by Gasteiger charge is 2.39. The van der Waals surface area contributed by atoms with Gasteiger partial charge in [-0.05, 0) is 18.6 Å². The van der Waals surface area contributed by atoms with Crippen molar-refractivity contribution in [2.75, 3.05) is 11.9 Å². The Morgan fingerprint density at radius 2 is 1.91 bits per heavy atom. The number of halogens is 7. The van der Waals surface area contributed by atoms with E-state index in [-0.39, 0.29) is 16.9 Å². The van der Waals surface area contributed by atoms with Crippen LogP contribution in [0.3, 0.4) is 0 Å². The Bertz CT molecular complexity index is 1280. The van der Waals surface area contributed by atoms with E-state index in [0.29, 0.717) is 18.5 Å². The molecule has 7 nitrogen and oxygen atoms in total. The Labute approximate surface area is 186 Å². The first-order valence-corrected chi connectivity index (χ1v) is 9.69. The molecule has 1 atom stereocenters. The van der Waals surface area contributed by atoms with Gasteiger partial charge < -0.3 is 10.6 Å². The minimum atomic E-state index is -4.79. The molecule has 3 aromatic rings. The first-order chi connectivity index (χ1) is 15.9. The number of aromatic nitrogens is 3. The lowest BCUT2D eigenvalue weighted by atomic mass is 10.1. The van der Waals surface area contributed by atoms with E-state index in [0.717, 1.165) is 16.7 Å². The number of nitrogens with zero attached hydrogens (tertiary/aromatic N) is 3. The molecule has 1 unspecified atom stereocenters. The fourth-order valence-corrected chi connectivity index (χ4v) is 3.04. The summed E-state index contributed by atoms with van der Waals surface area (Å²) in [5.74, 6) is -4.48. The number of anilines is 1. The zero-order valence-electron chi connectivity index (χ0n) is 17.3. The van der Waals surface area contributed by atoms with Gasteiger partial charge in [-0.2, -0.15) is 13.2 Å². The second-order valence-corrected chi connectivity index (χ2v) is 7.02. The highest BCUT2D eigenvalue weighted by Crippen LogP contribution is 2.23. The molecule has 0 saturated heterocycles. The fraction of sp³-hybridized carbons (Fsp3) is 0.300. The van der Waals surface area contributed by atoms with Gasteiger partial charge in [0.15, 0.2) is 17.3 Å². The van der Waals surface area contributed by atoms with E-state index >= 15 is 0 Å². The summed E-state index contributed by atoms with van der Waals surface area (Å²) in [6.45, 7) is 0.370. The number of hydrogen-bond acceptors (Lipinski definition) is 5. The summed E-state index contributed by atoms with van der Waals surface area (Å²) < 4.78 is 92.9. The Kier molecular flexibility index (Phi) is 7.07. The summed E-state index contributed by atoms with van der Waals surface area (Å²) in [6, 6.07) is 0.385. The predicted molar refractivity (Wildman–Crippen MR) is 107 cm³/mol. The van der Waals surface area contributed by atoms with Gasteiger partial charge in [0.1, 0.15) is 23.2 Å². The molecule has 1 amide bonds. The van der Waals surface area contributed by atoms with Gasteiger partial charge in [0.25, 0.3) is 12.3 Å². The van der Waals surface area contributed by atoms with Crippen molar-refractivity contribution in [3.8, 4) is 5.82 Å². The summed E-state index contributed by atoms with van der Waals surface area (Å²) in [5, 5.41) is 3.65. The number of carbonyl (C=O) groups is 1. The van der Waals surface area contributed by atoms with Gasteiger partial charge in [-0.15, -0.1) is 0 Å². The molecule has 2 N–H and O–H groups in total. The smallest absolute Gasteiger partial charge is 0.364 e. The average molecular weight is 491 g/mol. The maximum absolute atomic E-state index is 14.5. The fourth-order valence-electron chi connectivity index (χ4n) is 3.04. The van der Waals surface area contributed by atoms with Crippen molar-refractivity contribution in [3.05, 3.63) is 58.0 Å². The normalized spacial score (nSPS) is 12.7. The molecular weight excluding hydrogens is 475 g/mol. The summed E-state index contributed by atoms with van der Waals surface area (Å²) in [7, 11) is 0. The van der Waals surface area contributed by atoms with Crippen molar-refractivity contribution < 1.29 is 35.5 Å². The van der Waals surface area contributed by atoms with Gasteiger partial charge in [-0.1, -0.05) is 6.92 Å². The highest BCUT2D eigenvalue weighted by molar-refractivity contribution is 5.97. The van der Waals surface area contributed by atoms with Crippen LogP contribution in [0.1, 0.15) is 23.7 Å². The van der Waals surface area contributed by atoms with E-state index in [1.165, 1.54) is 6.92 Å². The number of rotatable bonds is 7. The lowest BCUT2D eigenvalue weighted by molar-refractivity contribution is -0.153. The Morgan fingerprint density at radius 3 is 2.50 bits per heavy atom. The Morgan fingerprint density at radius 1 is 1.21 bits per heavy atom. The van der Waals surface area contributed by atoms with E-state index in [4.69, 9.17) is 0 Å². The van der Waals surface area contributed by atoms with Crippen LogP contribution < -0.4 is 16.1 Å². The zero-order valence-corrected chi connectivity index (χ0v) is 17.3. The second kappa shape index (κ2) is 9.65. The van der Waals surface area contributed by atoms with Crippen molar-refractivity contribution in [3.63, 3.8) is 0 Å². The minimum Gasteiger partial charge on any atom is -0.364 e. The molecule has 0 aromatic carbocycles. The third-order valence-electron chi connectivity index (χ3n) is 4.66. The maximum atomic E-state index is 14.5. The lowest BCUT2D eigenvalue weighted by Gasteiger charge is -2.20. The van der Waals surface area contributed by atoms with Crippen molar-refractivity contribution in [2.45, 2.75) is 32.0 Å². The SMILES string of the molecule is CCC(NC(=O)c1cn(-c2ncc(F)cc2F)c2nc(NCC(F)F)ccc2c1=O)C(F)(F)F. The molecule has 0 bridgehead atoms. The van der Waals surface area contributed by atoms with Gasteiger partial charge in [0.2, 0.25) is 5.43 Å². The largest absolute Gasteiger partial charge is 0.408 e. The third-order valence-corrected chi connectivity index (χ3v) is 4.66. The number of pyridine rings is 3. The summed E-state index contributed by atoms with van der Waals surface area (Å²) in [4.78, 5) is 33.0. The van der Waals surface area contributed by atoms with Gasteiger partial charge in [-0.3, -0.25) is 14.2 Å². The number of fused-ring (bicyclic) bond motifs is 1. The average Bonchev–Trinajstić information content (AvgIpc) is 2.75. The quantitative estimate of drug-likeness (QED) is 0.491. The molecule has 34 heavy (non-hydrogen) atoms. The van der Waals surface area contributed by atoms with E-state index in [9.17, 15) is 40.3 Å². The molecule has 182 valence electrons. The zero-order chi connectivity index (χ0) is 25.2. The Balaban J connectivity index is 2.22. The van der Waals surface area contributed by atoms with Crippen molar-refractivity contribution in [1.29, 1.82) is 0 Å². The van der Waals surface area contributed by atoms with E-state index in [1.54, 1.807) is 5.32 Å². The van der Waals surface area contributed by atoms with Crippen LogP contribution in [0.15, 0.2) is 35.4 Å². The first-order valence-electron chi connectivity index (χ1n) is 9.69. The minimum absolute atomic E-state index is 0.149. The predicted octanol–water partition coefficient (Wildman–Crippen LogP) is 3.81. The summed E-state index contributed by atoms with van der Waals surface area (Å²) in [5.41, 5.74) is -2.20. The number of alkyl halides is 5. The number of nitrogens with one attached hydrogen (secondary N) is 2. The van der Waals surface area contributed by atoms with E-state index < -0.39 is 66.0 Å². The van der Waals surface area contributed by atoms with Crippen LogP contribution in [0.4, 0.5) is 36.6 Å². The van der Waals surface area contributed by atoms with Crippen LogP contribution in [-0.2, 0) is 0 Å². The topological polar surface area (TPSA) is 88.9 Å². The molecule has 0 spiro atoms. The van der Waals surface area contributed by atoms with Gasteiger partial charge in [-0.25, -0.2) is 27.5 Å². The molecule has 0 aliphatic rings. The molecule has 0 aliphatic carbocycles. The number of carbonyl (C=O) groups excluding carboxylic acids is 1. The van der Waals surface area contributed by atoms with Crippen molar-refractivity contribution in [1.82, 2.24) is 19.9 Å². The maximum Gasteiger partial charge on any atom is 0.408 e. The molecule has 3 heterocycles. The molecule has 0 aliphatic heterocycles. The van der Waals surface area contributed by atoms with Crippen LogP contribution in [0.5, 0.6) is 0 Å². The van der Waals surface area contributed by atoms with Crippen LogP contribution in [0.2, 0.25) is 0 Å². The molecule has 0 saturated carbocycles. The monoisotopic (exact) mass is 491 g/mol. The summed E-state index contributed by atoms with van der Waals surface area (Å²) in [6.07, 6.45) is -6.74. The third kappa shape index (κ3) is 5.26. The number of hydrogen-bond donors (Lipinski definition) is 2. The highest BCUT2D eigenvalue weighted by atomic mass is 19.4. The Hall–Kier alpha value is -3.71. The van der Waals surface area contributed by atoms with Gasteiger partial charge in [0.05, 0.1) is 18.1 Å². The van der Waals surface area contributed by atoms with E-state index in [2.05, 4.69) is 15.3 Å². The van der Waals surface area contributed by atoms with Crippen LogP contribution in [0, 0.1) is 11.6 Å². The van der Waals surface area contributed by atoms with Crippen molar-refractivity contribution in [2.24, 2.45) is 0 Å². The van der Waals surface area contributed by atoms with Crippen LogP contribution in [0.25, 0.3) is 16.9 Å². The second-order valence-electron chi connectivity index (χ2n) is 7.02. The molecule has 14 heteroatoms.